The van der Waals surface area contributed by atoms with Crippen LogP contribution in [-0.4, -0.2) is 33.2 Å². The Bertz CT molecular complexity index is 1110. The van der Waals surface area contributed by atoms with Gasteiger partial charge in [0, 0.05) is 17.4 Å². The van der Waals surface area contributed by atoms with Crippen molar-refractivity contribution in [2.45, 2.75) is 24.8 Å². The summed E-state index contributed by atoms with van der Waals surface area (Å²) in [7, 11) is 0. The summed E-state index contributed by atoms with van der Waals surface area (Å²) in [5.41, 5.74) is 5.32. The molecule has 0 fully saturated rings. The highest BCUT2D eigenvalue weighted by atomic mass is 32.2. The zero-order valence-electron chi connectivity index (χ0n) is 15.7. The van der Waals surface area contributed by atoms with Gasteiger partial charge in [-0.1, -0.05) is 53.7 Å². The number of nitrogens with one attached hydrogen (secondary N) is 2. The first-order chi connectivity index (χ1) is 13.7. The third kappa shape index (κ3) is 4.17. The molecule has 4 aromatic rings. The van der Waals surface area contributed by atoms with Crippen molar-refractivity contribution in [3.63, 3.8) is 0 Å². The van der Waals surface area contributed by atoms with Crippen LogP contribution in [0.2, 0.25) is 0 Å². The normalized spacial score (nSPS) is 11.2. The molecule has 0 aliphatic heterocycles. The molecular weight excluding hydrogens is 368 g/mol. The molecule has 28 heavy (non-hydrogen) atoms. The number of aromatic amines is 1. The van der Waals surface area contributed by atoms with Gasteiger partial charge in [-0.2, -0.15) is 0 Å². The van der Waals surface area contributed by atoms with Gasteiger partial charge in [0.2, 0.25) is 5.91 Å². The number of carbonyl (C=O) groups excluding carboxylic acids is 1. The fraction of sp³-hybridized carbons (Fsp3) is 0.227. The lowest BCUT2D eigenvalue weighted by Crippen LogP contribution is -2.26. The van der Waals surface area contributed by atoms with Crippen LogP contribution in [0.5, 0.6) is 0 Å². The van der Waals surface area contributed by atoms with E-state index in [0.29, 0.717) is 12.3 Å². The number of rotatable bonds is 7. The number of amides is 1. The van der Waals surface area contributed by atoms with E-state index in [-0.39, 0.29) is 5.91 Å². The van der Waals surface area contributed by atoms with E-state index in [4.69, 9.17) is 0 Å². The maximum atomic E-state index is 12.2. The van der Waals surface area contributed by atoms with Gasteiger partial charge < -0.3 is 10.3 Å². The van der Waals surface area contributed by atoms with Crippen molar-refractivity contribution in [1.29, 1.82) is 0 Å². The Labute approximate surface area is 168 Å². The third-order valence-corrected chi connectivity index (χ3v) is 5.64. The number of fused-ring (bicyclic) bond motifs is 3. The highest BCUT2D eigenvalue weighted by Gasteiger charge is 2.12. The fourth-order valence-corrected chi connectivity index (χ4v) is 4.03. The van der Waals surface area contributed by atoms with E-state index in [1.54, 1.807) is 6.33 Å². The molecule has 2 N–H and O–H groups in total. The average molecular weight is 391 g/mol. The maximum Gasteiger partial charge on any atom is 0.230 e. The Balaban J connectivity index is 1.35. The second-order valence-electron chi connectivity index (χ2n) is 6.80. The molecule has 0 atom stereocenters. The number of aryl methyl sites for hydroxylation is 2. The number of hydrogen-bond donors (Lipinski definition) is 2. The predicted molar refractivity (Wildman–Crippen MR) is 115 cm³/mol. The molecule has 2 aromatic carbocycles. The summed E-state index contributed by atoms with van der Waals surface area (Å²) in [4.78, 5) is 24.4. The van der Waals surface area contributed by atoms with Gasteiger partial charge in [-0.15, -0.1) is 0 Å². The van der Waals surface area contributed by atoms with Crippen LogP contribution in [0.3, 0.4) is 0 Å². The SMILES string of the molecule is Cc1ccc2[nH]c3c(SCC(=O)NCCCc4ccccc4)ncnc3c2c1. The molecule has 0 aliphatic rings. The Morgan fingerprint density at radius 1 is 1.14 bits per heavy atom. The van der Waals surface area contributed by atoms with Crippen molar-refractivity contribution in [3.8, 4) is 0 Å². The van der Waals surface area contributed by atoms with E-state index in [9.17, 15) is 4.79 Å². The highest BCUT2D eigenvalue weighted by Crippen LogP contribution is 2.30. The molecule has 0 aliphatic carbocycles. The average Bonchev–Trinajstić information content (AvgIpc) is 3.09. The number of H-pyrrole nitrogens is 1. The van der Waals surface area contributed by atoms with Gasteiger partial charge in [0.15, 0.2) is 0 Å². The van der Waals surface area contributed by atoms with E-state index in [1.165, 1.54) is 22.9 Å². The van der Waals surface area contributed by atoms with Crippen LogP contribution >= 0.6 is 11.8 Å². The summed E-state index contributed by atoms with van der Waals surface area (Å²) in [6.07, 6.45) is 3.47. The molecule has 0 bridgehead atoms. The number of hydrogen-bond acceptors (Lipinski definition) is 4. The highest BCUT2D eigenvalue weighted by molar-refractivity contribution is 8.00. The Kier molecular flexibility index (Phi) is 5.58. The first-order valence-electron chi connectivity index (χ1n) is 9.37. The van der Waals surface area contributed by atoms with Gasteiger partial charge >= 0.3 is 0 Å². The largest absolute Gasteiger partial charge is 0.355 e. The molecule has 0 radical (unpaired) electrons. The molecule has 142 valence electrons. The zero-order valence-corrected chi connectivity index (χ0v) is 16.6. The quantitative estimate of drug-likeness (QED) is 0.281. The van der Waals surface area contributed by atoms with E-state index in [2.05, 4.69) is 57.5 Å². The number of carbonyl (C=O) groups is 1. The monoisotopic (exact) mass is 390 g/mol. The zero-order chi connectivity index (χ0) is 19.3. The number of nitrogens with zero attached hydrogens (tertiary/aromatic N) is 2. The van der Waals surface area contributed by atoms with Gasteiger partial charge in [0.1, 0.15) is 16.9 Å². The van der Waals surface area contributed by atoms with Crippen LogP contribution in [0.15, 0.2) is 59.9 Å². The van der Waals surface area contributed by atoms with Crippen molar-refractivity contribution in [1.82, 2.24) is 20.3 Å². The van der Waals surface area contributed by atoms with Gasteiger partial charge in [0.25, 0.3) is 0 Å². The molecular formula is C22H22N4OS. The van der Waals surface area contributed by atoms with Crippen LogP contribution < -0.4 is 5.32 Å². The fourth-order valence-electron chi connectivity index (χ4n) is 3.24. The van der Waals surface area contributed by atoms with Crippen molar-refractivity contribution in [3.05, 3.63) is 66.0 Å². The minimum atomic E-state index is 0.0248. The molecule has 5 nitrogen and oxygen atoms in total. The maximum absolute atomic E-state index is 12.2. The molecule has 1 amide bonds. The van der Waals surface area contributed by atoms with E-state index < -0.39 is 0 Å². The lowest BCUT2D eigenvalue weighted by Gasteiger charge is -2.05. The van der Waals surface area contributed by atoms with Gasteiger partial charge in [-0.25, -0.2) is 9.97 Å². The Morgan fingerprint density at radius 3 is 2.86 bits per heavy atom. The van der Waals surface area contributed by atoms with Crippen molar-refractivity contribution in [2.24, 2.45) is 0 Å². The van der Waals surface area contributed by atoms with Gasteiger partial charge in [0.05, 0.1) is 11.3 Å². The standard InChI is InChI=1S/C22H22N4OS/c1-15-9-10-18-17(12-15)20-21(26-18)22(25-14-24-20)28-13-19(27)23-11-5-8-16-6-3-2-4-7-16/h2-4,6-7,9-10,12,14,26H,5,8,11,13H2,1H3,(H,23,27). The third-order valence-electron chi connectivity index (χ3n) is 4.65. The molecule has 4 rings (SSSR count). The summed E-state index contributed by atoms with van der Waals surface area (Å²) < 4.78 is 0. The predicted octanol–water partition coefficient (Wildman–Crippen LogP) is 4.26. The number of thioether (sulfide) groups is 1. The molecule has 2 heterocycles. The molecule has 0 spiro atoms. The molecule has 6 heteroatoms. The van der Waals surface area contributed by atoms with Crippen LogP contribution in [0.25, 0.3) is 21.9 Å². The van der Waals surface area contributed by atoms with E-state index in [0.717, 1.165) is 39.8 Å². The lowest BCUT2D eigenvalue weighted by atomic mass is 10.1. The first-order valence-corrected chi connectivity index (χ1v) is 10.4. The summed E-state index contributed by atoms with van der Waals surface area (Å²) in [6, 6.07) is 16.6. The molecule has 2 aromatic heterocycles. The lowest BCUT2D eigenvalue weighted by molar-refractivity contribution is -0.118. The summed E-state index contributed by atoms with van der Waals surface area (Å²) in [5, 5.41) is 4.88. The second kappa shape index (κ2) is 8.44. The Morgan fingerprint density at radius 2 is 2.00 bits per heavy atom. The topological polar surface area (TPSA) is 70.7 Å². The van der Waals surface area contributed by atoms with Gasteiger partial charge in [-0.3, -0.25) is 4.79 Å². The first kappa shape index (κ1) is 18.5. The minimum absolute atomic E-state index is 0.0248. The van der Waals surface area contributed by atoms with Crippen LogP contribution in [0.1, 0.15) is 17.5 Å². The minimum Gasteiger partial charge on any atom is -0.355 e. The van der Waals surface area contributed by atoms with Crippen LogP contribution in [-0.2, 0) is 11.2 Å². The van der Waals surface area contributed by atoms with Crippen molar-refractivity contribution in [2.75, 3.05) is 12.3 Å². The summed E-state index contributed by atoms with van der Waals surface area (Å²) >= 11 is 1.44. The summed E-state index contributed by atoms with van der Waals surface area (Å²) in [6.45, 7) is 2.75. The Hall–Kier alpha value is -2.86. The smallest absolute Gasteiger partial charge is 0.230 e. The van der Waals surface area contributed by atoms with E-state index >= 15 is 0 Å². The number of aromatic nitrogens is 3. The van der Waals surface area contributed by atoms with Gasteiger partial charge in [-0.05, 0) is 37.5 Å². The van der Waals surface area contributed by atoms with E-state index in [1.807, 2.05) is 18.2 Å². The van der Waals surface area contributed by atoms with Crippen molar-refractivity contribution >= 4 is 39.6 Å². The molecule has 0 saturated carbocycles. The molecule has 0 saturated heterocycles. The van der Waals surface area contributed by atoms with Crippen LogP contribution in [0.4, 0.5) is 0 Å². The second-order valence-corrected chi connectivity index (χ2v) is 7.77. The number of benzene rings is 2. The van der Waals surface area contributed by atoms with Crippen LogP contribution in [0, 0.1) is 6.92 Å². The summed E-state index contributed by atoms with van der Waals surface area (Å²) in [5.74, 6) is 0.364. The molecule has 0 unspecified atom stereocenters. The van der Waals surface area contributed by atoms with Crippen molar-refractivity contribution < 1.29 is 4.79 Å².